The van der Waals surface area contributed by atoms with Gasteiger partial charge in [0.1, 0.15) is 0 Å². The van der Waals surface area contributed by atoms with Gasteiger partial charge in [0, 0.05) is 68.7 Å². The largest absolute Gasteiger partial charge is 0.328 e. The van der Waals surface area contributed by atoms with Crippen LogP contribution in [0.3, 0.4) is 0 Å². The van der Waals surface area contributed by atoms with Crippen molar-refractivity contribution in [1.82, 2.24) is 19.8 Å². The maximum absolute atomic E-state index is 11.4. The molecule has 3 aromatic rings. The number of pyridine rings is 2. The van der Waals surface area contributed by atoms with Gasteiger partial charge in [-0.05, 0) is 41.4 Å². The van der Waals surface area contributed by atoms with E-state index < -0.39 is 0 Å². The minimum atomic E-state index is -0.0823. The van der Waals surface area contributed by atoms with Crippen LogP contribution in [0.25, 0.3) is 16.7 Å². The number of H-pyrrole nitrogens is 1. The molecule has 1 aliphatic carbocycles. The molecule has 1 N–H and O–H groups in total. The highest BCUT2D eigenvalue weighted by Gasteiger charge is 2.18. The molecule has 0 saturated carbocycles. The van der Waals surface area contributed by atoms with Crippen molar-refractivity contribution in [3.8, 4) is 11.1 Å². The molecule has 0 amide bonds. The standard InChI is InChI=1S/C25H26N4O/c1-28-10-12-29(13-11-28)17-18-2-4-19(5-3-18)21-14-23-22(7-8-24(23)26-16-21)20-6-9-25(30)27-15-20/h2-7,9,14-16H,8,10-13,17H2,1H3,(H,27,30). The molecule has 0 radical (unpaired) electrons. The molecule has 3 heterocycles. The third-order valence-corrected chi connectivity index (χ3v) is 6.14. The zero-order valence-corrected chi connectivity index (χ0v) is 17.3. The lowest BCUT2D eigenvalue weighted by molar-refractivity contribution is 0.148. The Balaban J connectivity index is 1.35. The van der Waals surface area contributed by atoms with Crippen LogP contribution in [-0.2, 0) is 13.0 Å². The number of aromatic amines is 1. The number of piperazine rings is 1. The average Bonchev–Trinajstić information content (AvgIpc) is 3.20. The topological polar surface area (TPSA) is 52.2 Å². The number of hydrogen-bond donors (Lipinski definition) is 1. The maximum atomic E-state index is 11.4. The van der Waals surface area contributed by atoms with E-state index in [0.29, 0.717) is 0 Å². The van der Waals surface area contributed by atoms with Crippen LogP contribution < -0.4 is 5.56 Å². The van der Waals surface area contributed by atoms with Crippen LogP contribution in [0.4, 0.5) is 0 Å². The van der Waals surface area contributed by atoms with Crippen molar-refractivity contribution < 1.29 is 0 Å². The van der Waals surface area contributed by atoms with E-state index in [4.69, 9.17) is 4.98 Å². The molecule has 5 rings (SSSR count). The summed E-state index contributed by atoms with van der Waals surface area (Å²) in [7, 11) is 2.19. The zero-order chi connectivity index (χ0) is 20.5. The van der Waals surface area contributed by atoms with Crippen molar-refractivity contribution >= 4 is 5.57 Å². The van der Waals surface area contributed by atoms with Gasteiger partial charge in [-0.3, -0.25) is 14.7 Å². The van der Waals surface area contributed by atoms with E-state index in [9.17, 15) is 4.79 Å². The number of aromatic nitrogens is 2. The Morgan fingerprint density at radius 1 is 0.967 bits per heavy atom. The molecule has 0 atom stereocenters. The average molecular weight is 399 g/mol. The lowest BCUT2D eigenvalue weighted by atomic mass is 9.98. The first kappa shape index (κ1) is 19.0. The van der Waals surface area contributed by atoms with E-state index in [0.717, 1.165) is 67.1 Å². The zero-order valence-electron chi connectivity index (χ0n) is 17.3. The third kappa shape index (κ3) is 3.86. The molecular weight excluding hydrogens is 372 g/mol. The molecule has 1 aromatic carbocycles. The summed E-state index contributed by atoms with van der Waals surface area (Å²) in [6, 6.07) is 14.5. The Kier molecular flexibility index (Phi) is 5.07. The van der Waals surface area contributed by atoms with Gasteiger partial charge in [-0.15, -0.1) is 0 Å². The van der Waals surface area contributed by atoms with Gasteiger partial charge >= 0.3 is 0 Å². The number of nitrogens with one attached hydrogen (secondary N) is 1. The number of rotatable bonds is 4. The molecule has 152 valence electrons. The minimum Gasteiger partial charge on any atom is -0.328 e. The molecule has 2 aliphatic rings. The number of nitrogens with zero attached hydrogens (tertiary/aromatic N) is 3. The number of benzene rings is 1. The molecule has 0 unspecified atom stereocenters. The van der Waals surface area contributed by atoms with Crippen LogP contribution in [0, 0.1) is 0 Å². The fourth-order valence-electron chi connectivity index (χ4n) is 4.27. The highest BCUT2D eigenvalue weighted by atomic mass is 16.1. The SMILES string of the molecule is CN1CCN(Cc2ccc(-c3cnc4c(c3)C(c3ccc(=O)[nH]c3)=CC4)cc2)CC1. The van der Waals surface area contributed by atoms with Crippen molar-refractivity contribution in [2.45, 2.75) is 13.0 Å². The van der Waals surface area contributed by atoms with Crippen molar-refractivity contribution in [3.63, 3.8) is 0 Å². The lowest BCUT2D eigenvalue weighted by Crippen LogP contribution is -2.43. The number of hydrogen-bond acceptors (Lipinski definition) is 4. The lowest BCUT2D eigenvalue weighted by Gasteiger charge is -2.32. The first-order valence-electron chi connectivity index (χ1n) is 10.5. The Labute approximate surface area is 176 Å². The van der Waals surface area contributed by atoms with Crippen molar-refractivity contribution in [1.29, 1.82) is 0 Å². The van der Waals surface area contributed by atoms with Crippen LogP contribution in [0.1, 0.15) is 22.4 Å². The fraction of sp³-hybridized carbons (Fsp3) is 0.280. The molecule has 30 heavy (non-hydrogen) atoms. The van der Waals surface area contributed by atoms with Crippen molar-refractivity contribution in [2.75, 3.05) is 33.2 Å². The Morgan fingerprint density at radius 2 is 1.73 bits per heavy atom. The molecule has 1 saturated heterocycles. The number of allylic oxidation sites excluding steroid dienone is 1. The van der Waals surface area contributed by atoms with Gasteiger partial charge in [0.25, 0.3) is 0 Å². The summed E-state index contributed by atoms with van der Waals surface area (Å²) in [5.41, 5.74) is 7.98. The predicted molar refractivity (Wildman–Crippen MR) is 120 cm³/mol. The molecule has 0 bridgehead atoms. The highest BCUT2D eigenvalue weighted by Crippen LogP contribution is 2.34. The molecule has 5 nitrogen and oxygen atoms in total. The quantitative estimate of drug-likeness (QED) is 0.734. The predicted octanol–water partition coefficient (Wildman–Crippen LogP) is 3.17. The highest BCUT2D eigenvalue weighted by molar-refractivity contribution is 5.85. The van der Waals surface area contributed by atoms with Crippen LogP contribution in [-0.4, -0.2) is 53.0 Å². The van der Waals surface area contributed by atoms with E-state index in [1.807, 2.05) is 12.3 Å². The van der Waals surface area contributed by atoms with E-state index >= 15 is 0 Å². The van der Waals surface area contributed by atoms with E-state index in [-0.39, 0.29) is 5.56 Å². The molecule has 1 aliphatic heterocycles. The summed E-state index contributed by atoms with van der Waals surface area (Å²) in [4.78, 5) is 23.8. The fourth-order valence-corrected chi connectivity index (χ4v) is 4.27. The Morgan fingerprint density at radius 3 is 2.47 bits per heavy atom. The van der Waals surface area contributed by atoms with Gasteiger partial charge in [-0.1, -0.05) is 30.3 Å². The maximum Gasteiger partial charge on any atom is 0.247 e. The number of likely N-dealkylation sites (N-methyl/N-ethyl adjacent to an activating group) is 1. The van der Waals surface area contributed by atoms with Crippen LogP contribution in [0.5, 0.6) is 0 Å². The first-order valence-corrected chi connectivity index (χ1v) is 10.5. The summed E-state index contributed by atoms with van der Waals surface area (Å²) in [6.45, 7) is 5.56. The molecular formula is C25H26N4O. The van der Waals surface area contributed by atoms with Gasteiger partial charge in [0.15, 0.2) is 0 Å². The summed E-state index contributed by atoms with van der Waals surface area (Å²) in [6.07, 6.45) is 6.77. The van der Waals surface area contributed by atoms with Gasteiger partial charge in [0.05, 0.1) is 5.69 Å². The summed E-state index contributed by atoms with van der Waals surface area (Å²) in [5.74, 6) is 0. The van der Waals surface area contributed by atoms with E-state index in [1.165, 1.54) is 11.1 Å². The van der Waals surface area contributed by atoms with Gasteiger partial charge in [0.2, 0.25) is 5.56 Å². The summed E-state index contributed by atoms with van der Waals surface area (Å²) >= 11 is 0. The van der Waals surface area contributed by atoms with E-state index in [1.54, 1.807) is 12.3 Å². The Hall–Kier alpha value is -3.02. The Bertz CT molecular complexity index is 1120. The monoisotopic (exact) mass is 398 g/mol. The molecule has 0 spiro atoms. The second kappa shape index (κ2) is 8.01. The molecule has 2 aromatic heterocycles. The second-order valence-corrected chi connectivity index (χ2v) is 8.26. The summed E-state index contributed by atoms with van der Waals surface area (Å²) < 4.78 is 0. The number of fused-ring (bicyclic) bond motifs is 1. The van der Waals surface area contributed by atoms with Gasteiger partial charge in [-0.25, -0.2) is 0 Å². The van der Waals surface area contributed by atoms with Crippen LogP contribution in [0.2, 0.25) is 0 Å². The van der Waals surface area contributed by atoms with Crippen molar-refractivity contribution in [2.24, 2.45) is 0 Å². The second-order valence-electron chi connectivity index (χ2n) is 8.26. The van der Waals surface area contributed by atoms with E-state index in [2.05, 4.69) is 58.2 Å². The smallest absolute Gasteiger partial charge is 0.247 e. The summed E-state index contributed by atoms with van der Waals surface area (Å²) in [5, 5.41) is 0. The van der Waals surface area contributed by atoms with Gasteiger partial charge in [-0.2, -0.15) is 0 Å². The molecule has 5 heteroatoms. The first-order chi connectivity index (χ1) is 14.7. The molecule has 1 fully saturated rings. The normalized spacial score (nSPS) is 17.0. The van der Waals surface area contributed by atoms with Gasteiger partial charge < -0.3 is 9.88 Å². The third-order valence-electron chi connectivity index (χ3n) is 6.14. The van der Waals surface area contributed by atoms with Crippen molar-refractivity contribution in [3.05, 3.63) is 93.7 Å². The minimum absolute atomic E-state index is 0.0823. The van der Waals surface area contributed by atoms with Crippen LogP contribution in [0.15, 0.2) is 65.7 Å². The van der Waals surface area contributed by atoms with Crippen LogP contribution >= 0.6 is 0 Å².